The number of likely N-dealkylation sites (tertiary alicyclic amines) is 3. The summed E-state index contributed by atoms with van der Waals surface area (Å²) in [6.07, 6.45) is 24.0. The number of urea groups is 3. The van der Waals surface area contributed by atoms with Gasteiger partial charge in [0.25, 0.3) is 17.7 Å². The third kappa shape index (κ3) is 29.0. The number of ketones is 3. The first-order chi connectivity index (χ1) is 68.7. The minimum absolute atomic E-state index is 0.00450. The maximum absolute atomic E-state index is 14.5. The number of amides is 15. The maximum Gasteiger partial charge on any atom is 0.315 e. The van der Waals surface area contributed by atoms with E-state index in [1.54, 1.807) is 72.1 Å². The van der Waals surface area contributed by atoms with Crippen LogP contribution in [0, 0.1) is 79.8 Å². The predicted octanol–water partition coefficient (Wildman–Crippen LogP) is 10.9. The highest BCUT2D eigenvalue weighted by molar-refractivity contribution is 7.93. The Kier molecular flexibility index (Phi) is 35.8. The van der Waals surface area contributed by atoms with E-state index in [2.05, 4.69) is 105 Å². The molecule has 39 heteroatoms. The average Bonchev–Trinajstić information content (AvgIpc) is 1.53. The van der Waals surface area contributed by atoms with Gasteiger partial charge >= 0.3 is 18.1 Å². The summed E-state index contributed by atoms with van der Waals surface area (Å²) in [4.78, 5) is 210. The molecule has 0 bridgehead atoms. The number of nitrogens with zero attached hydrogens (tertiary/aromatic N) is 3. The smallest absolute Gasteiger partial charge is 0.315 e. The van der Waals surface area contributed by atoms with Crippen LogP contribution in [0.25, 0.3) is 0 Å². The molecule has 3 saturated heterocycles. The Morgan fingerprint density at radius 1 is 0.315 bits per heavy atom. The summed E-state index contributed by atoms with van der Waals surface area (Å²) >= 11 is 0. The monoisotopic (exact) mass is 2150 g/mol. The largest absolute Gasteiger partial charge is 0.347 e. The van der Waals surface area contributed by atoms with Crippen LogP contribution in [0.1, 0.15) is 379 Å². The van der Waals surface area contributed by atoms with Gasteiger partial charge in [-0.05, 0) is 251 Å². The number of fused-ring (bicyclic) bond motifs is 3. The van der Waals surface area contributed by atoms with Crippen LogP contribution in [-0.4, -0.2) is 269 Å². The van der Waals surface area contributed by atoms with Gasteiger partial charge in [0.1, 0.15) is 36.3 Å². The average molecular weight is 2150 g/mol. The van der Waals surface area contributed by atoms with Crippen LogP contribution < -0.4 is 63.8 Å². The van der Waals surface area contributed by atoms with E-state index in [4.69, 9.17) is 0 Å². The third-order valence-electron chi connectivity index (χ3n) is 35.5. The fourth-order valence-electron chi connectivity index (χ4n) is 24.0. The van der Waals surface area contributed by atoms with Crippen LogP contribution in [0.15, 0.2) is 0 Å². The van der Waals surface area contributed by atoms with Gasteiger partial charge in [0.2, 0.25) is 52.8 Å². The summed E-state index contributed by atoms with van der Waals surface area (Å²) in [5, 5.41) is 34.6. The van der Waals surface area contributed by atoms with Gasteiger partial charge in [0.05, 0.1) is 66.2 Å². The molecule has 14 rings (SSSR count). The van der Waals surface area contributed by atoms with Gasteiger partial charge in [-0.2, -0.15) is 0 Å². The Hall–Kier alpha value is -8.10. The van der Waals surface area contributed by atoms with Crippen molar-refractivity contribution < 1.29 is 97.2 Å². The van der Waals surface area contributed by atoms with Gasteiger partial charge in [0.15, 0.2) is 29.5 Å². The number of carbonyl (C=O) groups excluding carboxylic acids is 15. The van der Waals surface area contributed by atoms with Crippen molar-refractivity contribution in [2.75, 3.05) is 36.9 Å². The zero-order valence-corrected chi connectivity index (χ0v) is 96.5. The normalized spacial score (nSPS) is 26.6. The van der Waals surface area contributed by atoms with Crippen LogP contribution >= 0.6 is 0 Å². The quantitative estimate of drug-likeness (QED) is 0.0254. The van der Waals surface area contributed by atoms with Crippen molar-refractivity contribution in [2.24, 2.45) is 79.8 Å². The zero-order valence-electron chi connectivity index (χ0n) is 94.1. The molecule has 36 nitrogen and oxygen atoms in total. The second kappa shape index (κ2) is 44.6. The van der Waals surface area contributed by atoms with Crippen molar-refractivity contribution in [1.29, 1.82) is 0 Å². The van der Waals surface area contributed by atoms with E-state index in [0.29, 0.717) is 95.7 Å². The zero-order chi connectivity index (χ0) is 111. The van der Waals surface area contributed by atoms with E-state index in [1.807, 2.05) is 69.2 Å². The van der Waals surface area contributed by atoms with E-state index in [-0.39, 0.29) is 87.1 Å². The molecule has 0 radical (unpaired) electrons. The molecule has 15 amide bonds. The number of rotatable bonds is 39. The molecule has 15 atom stereocenters. The Bertz CT molecular complexity index is 5150. The van der Waals surface area contributed by atoms with Crippen molar-refractivity contribution >= 4 is 118 Å². The topological polar surface area (TPSA) is 513 Å². The Morgan fingerprint density at radius 2 is 0.544 bits per heavy atom. The Labute approximate surface area is 887 Å². The minimum atomic E-state index is -3.56. The fourth-order valence-corrected chi connectivity index (χ4v) is 28.5. The SMILES string of the molecule is CC(C)(C)[C@H](NC(=O)NC1(CS(=O)(=O)C(C)(C)C)CCCCC1)C(=O)N1C[C@H]2[C@@H]([C@H]1C(=O)N[C@@H](CCC1CC1)C(=O)C(=O)NC1CC1)C2(C)C.CC(C)(C)[C@H](NC(=O)NC1(CS(=O)(=O)C(C)(C)C)CCCCC1)C(=O)N1C[C@H]2[C@@H]([C@H]1C(=O)N[C@H](CCC1CC1)C(=O)C(=O)NC1CC1)C2(C)C.CCCC[C@H](NC(=O)[C@@H]1[C@@H]2[C@H](CN1C(=O)[C@@H](NC(=O)NC1(CS(=O)(=O)C(C)(C)C)CCCCC1)C(C)(C)C)C2(C)C)C(=O)C(=O)NC1CC1. The van der Waals surface area contributed by atoms with Crippen molar-refractivity contribution in [1.82, 2.24) is 78.5 Å². The molecule has 3 heterocycles. The summed E-state index contributed by atoms with van der Waals surface area (Å²) in [5.74, 6) is -6.33. The van der Waals surface area contributed by atoms with E-state index in [0.717, 1.165) is 141 Å². The minimum Gasteiger partial charge on any atom is -0.347 e. The molecule has 0 aromatic heterocycles. The van der Waals surface area contributed by atoms with Gasteiger partial charge in [-0.15, -0.1) is 0 Å². The molecular formula is C110H183N15O21S3. The molecule has 11 aliphatic carbocycles. The highest BCUT2D eigenvalue weighted by Crippen LogP contribution is 2.67. The molecule has 149 heavy (non-hydrogen) atoms. The van der Waals surface area contributed by atoms with Crippen LogP contribution in [0.4, 0.5) is 14.4 Å². The number of piperidine rings is 3. The number of carbonyl (C=O) groups is 15. The highest BCUT2D eigenvalue weighted by atomic mass is 32.2. The molecule has 0 aromatic rings. The molecule has 14 fully saturated rings. The highest BCUT2D eigenvalue weighted by Gasteiger charge is 2.73. The molecule has 0 aromatic carbocycles. The van der Waals surface area contributed by atoms with Gasteiger partial charge in [-0.1, -0.05) is 207 Å². The lowest BCUT2D eigenvalue weighted by Gasteiger charge is -2.41. The second-order valence-electron chi connectivity index (χ2n) is 55.2. The number of sulfone groups is 3. The molecular weight excluding hydrogens is 1960 g/mol. The molecule has 14 aliphatic rings. The lowest BCUT2D eigenvalue weighted by Crippen LogP contribution is -2.64. The molecule has 0 unspecified atom stereocenters. The lowest BCUT2D eigenvalue weighted by molar-refractivity contribution is -0.145. The molecule has 0 spiro atoms. The second-order valence-corrected chi connectivity index (χ2v) is 63.4. The summed E-state index contributed by atoms with van der Waals surface area (Å²) < 4.78 is 77.0. The van der Waals surface area contributed by atoms with E-state index >= 15 is 0 Å². The number of Topliss-reactive ketones (excluding diaryl/α,β-unsaturated/α-hetero) is 3. The first-order valence-electron chi connectivity index (χ1n) is 56.0. The summed E-state index contributed by atoms with van der Waals surface area (Å²) in [7, 11) is -10.7. The first kappa shape index (κ1) is 120. The van der Waals surface area contributed by atoms with Gasteiger partial charge in [0, 0.05) is 37.8 Å². The third-order valence-corrected chi connectivity index (χ3v) is 43.9. The Balaban J connectivity index is 0.000000198. The Morgan fingerprint density at radius 3 is 0.745 bits per heavy atom. The first-order valence-corrected chi connectivity index (χ1v) is 60.9. The number of unbranched alkanes of at least 4 members (excludes halogenated alkanes) is 1. The number of nitrogens with one attached hydrogen (secondary N) is 12. The standard InChI is InChI=1S/2C37H61N5O7S.C36H61N5O7S/c2*1-34(2,3)29(40-33(47)41-37(18-10-9-11-19-37)21-50(48,49)35(4,5)6)32(46)42-20-24-26(36(24,7)8)27(42)30(44)39-25(17-14-22-12-13-22)28(43)31(45)38-23-15-16-23;1-10-11-15-24(27(42)30(44)37-22-16-17-22)38-29(43)26-25-23(35(25,8)9)20-41(26)31(45)28(33(2,3)4)39-32(46)40-36(18-13-12-14-19-36)21-49(47,48)34(5,6)7/h2*22-27,29H,9-21H2,1-8H3,(H,38,45)(H,39,44)(H2,40,41,47);22-26,28H,10-21H2,1-9H3,(H,37,44)(H,38,43)(H2,39,40,46)/t24-,25+,26-,27-,29+;24-,25-,26-,27-,29+;23-,24-,25-,26-,28+/m000/s1. The van der Waals surface area contributed by atoms with E-state index in [1.165, 1.54) is 4.90 Å². The van der Waals surface area contributed by atoms with E-state index < -0.39 is 220 Å². The summed E-state index contributed by atoms with van der Waals surface area (Å²) in [6, 6.07) is -10.4. The molecule has 3 aliphatic heterocycles. The van der Waals surface area contributed by atoms with Gasteiger partial charge in [-0.3, -0.25) is 57.5 Å². The van der Waals surface area contributed by atoms with Crippen molar-refractivity contribution in [2.45, 2.75) is 482 Å². The van der Waals surface area contributed by atoms with Crippen molar-refractivity contribution in [3.8, 4) is 0 Å². The van der Waals surface area contributed by atoms with Gasteiger partial charge in [-0.25, -0.2) is 39.6 Å². The molecule has 11 saturated carbocycles. The summed E-state index contributed by atoms with van der Waals surface area (Å²) in [5.41, 5.74) is -5.68. The summed E-state index contributed by atoms with van der Waals surface area (Å²) in [6.45, 7) is 46.9. The van der Waals surface area contributed by atoms with Crippen molar-refractivity contribution in [3.63, 3.8) is 0 Å². The predicted molar refractivity (Wildman–Crippen MR) is 569 cm³/mol. The van der Waals surface area contributed by atoms with E-state index in [9.17, 15) is 97.2 Å². The number of hydrogen-bond donors (Lipinski definition) is 12. The van der Waals surface area contributed by atoms with Crippen LogP contribution in [0.3, 0.4) is 0 Å². The molecule has 12 N–H and O–H groups in total. The lowest BCUT2D eigenvalue weighted by atomic mass is 9.83. The van der Waals surface area contributed by atoms with Crippen LogP contribution in [0.5, 0.6) is 0 Å². The molecule has 842 valence electrons. The number of hydrogen-bond acceptors (Lipinski definition) is 21. The van der Waals surface area contributed by atoms with Crippen molar-refractivity contribution in [3.05, 3.63) is 0 Å². The fraction of sp³-hybridized carbons (Fsp3) is 0.864. The maximum atomic E-state index is 14.5. The van der Waals surface area contributed by atoms with Crippen LogP contribution in [-0.2, 0) is 87.0 Å². The van der Waals surface area contributed by atoms with Crippen LogP contribution in [0.2, 0.25) is 0 Å². The van der Waals surface area contributed by atoms with Gasteiger partial charge < -0.3 is 78.5 Å².